The van der Waals surface area contributed by atoms with Crippen LogP contribution < -0.4 is 4.74 Å². The number of benzene rings is 2. The normalized spacial score (nSPS) is 11.9. The fourth-order valence-electron chi connectivity index (χ4n) is 2.76. The van der Waals surface area contributed by atoms with E-state index in [1.54, 1.807) is 38.2 Å². The Bertz CT molecular complexity index is 1040. The second kappa shape index (κ2) is 8.17. The molecular weight excluding hydrogens is 404 g/mol. The first kappa shape index (κ1) is 20.1. The van der Waals surface area contributed by atoms with Crippen LogP contribution in [0.1, 0.15) is 34.6 Å². The van der Waals surface area contributed by atoms with E-state index in [1.165, 1.54) is 24.3 Å². The second-order valence-electron chi connectivity index (χ2n) is 6.21. The monoisotopic (exact) mass is 419 g/mol. The molecule has 1 N–H and O–H groups in total. The first-order valence-electron chi connectivity index (χ1n) is 8.38. The SMILES string of the molecule is Cc1ncc(-c2ccc(C(=O)O)cc2)cc1OC(C)c1c(Cl)ccc(F)c1Cl. The number of carboxylic acid groups (broad SMARTS) is 1. The Morgan fingerprint density at radius 2 is 1.82 bits per heavy atom. The van der Waals surface area contributed by atoms with Gasteiger partial charge in [0.2, 0.25) is 0 Å². The molecule has 1 unspecified atom stereocenters. The van der Waals surface area contributed by atoms with Crippen molar-refractivity contribution in [1.82, 2.24) is 4.98 Å². The average molecular weight is 420 g/mol. The van der Waals surface area contributed by atoms with Crippen LogP contribution in [-0.4, -0.2) is 16.1 Å². The smallest absolute Gasteiger partial charge is 0.335 e. The Labute approximate surface area is 171 Å². The molecule has 0 fully saturated rings. The number of hydrogen-bond acceptors (Lipinski definition) is 3. The second-order valence-corrected chi connectivity index (χ2v) is 6.99. The highest BCUT2D eigenvalue weighted by Gasteiger charge is 2.20. The zero-order valence-electron chi connectivity index (χ0n) is 15.0. The molecule has 4 nitrogen and oxygen atoms in total. The molecule has 0 amide bonds. The summed E-state index contributed by atoms with van der Waals surface area (Å²) in [6, 6.07) is 10.9. The van der Waals surface area contributed by atoms with Crippen LogP contribution in [0, 0.1) is 12.7 Å². The molecule has 2 aromatic carbocycles. The molecule has 0 aliphatic heterocycles. The van der Waals surface area contributed by atoms with E-state index in [9.17, 15) is 9.18 Å². The van der Waals surface area contributed by atoms with Gasteiger partial charge in [-0.05, 0) is 49.7 Å². The van der Waals surface area contributed by atoms with Crippen LogP contribution in [-0.2, 0) is 0 Å². The molecule has 1 heterocycles. The standard InChI is InChI=1S/C21H16Cl2FNO3/c1-11-18(28-12(2)19-16(22)7-8-17(24)20(19)23)9-15(10-25-11)13-3-5-14(6-4-13)21(26)27/h3-10,12H,1-2H3,(H,26,27). The lowest BCUT2D eigenvalue weighted by atomic mass is 10.0. The van der Waals surface area contributed by atoms with Gasteiger partial charge in [-0.1, -0.05) is 35.3 Å². The molecule has 0 saturated heterocycles. The van der Waals surface area contributed by atoms with Gasteiger partial charge < -0.3 is 9.84 Å². The number of carbonyl (C=O) groups is 1. The lowest BCUT2D eigenvalue weighted by Crippen LogP contribution is -2.07. The highest BCUT2D eigenvalue weighted by atomic mass is 35.5. The maximum Gasteiger partial charge on any atom is 0.335 e. The van der Waals surface area contributed by atoms with Crippen molar-refractivity contribution in [2.45, 2.75) is 20.0 Å². The number of carboxylic acids is 1. The van der Waals surface area contributed by atoms with Gasteiger partial charge in [0.05, 0.1) is 16.3 Å². The number of rotatable bonds is 5. The molecular formula is C21H16Cl2FNO3. The summed E-state index contributed by atoms with van der Waals surface area (Å²) in [6.45, 7) is 3.51. The van der Waals surface area contributed by atoms with Crippen molar-refractivity contribution in [2.75, 3.05) is 0 Å². The van der Waals surface area contributed by atoms with Gasteiger partial charge in [0.1, 0.15) is 17.7 Å². The summed E-state index contributed by atoms with van der Waals surface area (Å²) in [5.41, 5.74) is 2.74. The van der Waals surface area contributed by atoms with Crippen molar-refractivity contribution in [3.05, 3.63) is 81.3 Å². The quantitative estimate of drug-likeness (QED) is 0.490. The summed E-state index contributed by atoms with van der Waals surface area (Å²) in [5.74, 6) is -1.07. The molecule has 1 atom stereocenters. The number of aryl methyl sites for hydroxylation is 1. The van der Waals surface area contributed by atoms with Crippen LogP contribution in [0.4, 0.5) is 4.39 Å². The van der Waals surface area contributed by atoms with Crippen LogP contribution >= 0.6 is 23.2 Å². The van der Waals surface area contributed by atoms with E-state index in [2.05, 4.69) is 4.98 Å². The molecule has 0 aliphatic rings. The van der Waals surface area contributed by atoms with Gasteiger partial charge in [0.15, 0.2) is 0 Å². The number of hydrogen-bond donors (Lipinski definition) is 1. The number of nitrogens with zero attached hydrogens (tertiary/aromatic N) is 1. The Morgan fingerprint density at radius 1 is 1.14 bits per heavy atom. The molecule has 7 heteroatoms. The van der Waals surface area contributed by atoms with E-state index >= 15 is 0 Å². The predicted molar refractivity (Wildman–Crippen MR) is 107 cm³/mol. The zero-order chi connectivity index (χ0) is 20.4. The molecule has 144 valence electrons. The van der Waals surface area contributed by atoms with Crippen molar-refractivity contribution in [2.24, 2.45) is 0 Å². The lowest BCUT2D eigenvalue weighted by Gasteiger charge is -2.19. The minimum atomic E-state index is -0.990. The fourth-order valence-corrected chi connectivity index (χ4v) is 3.44. The van der Waals surface area contributed by atoms with Gasteiger partial charge in [-0.3, -0.25) is 4.98 Å². The summed E-state index contributed by atoms with van der Waals surface area (Å²) >= 11 is 12.2. The Kier molecular flexibility index (Phi) is 5.87. The number of pyridine rings is 1. The third-order valence-electron chi connectivity index (χ3n) is 4.30. The lowest BCUT2D eigenvalue weighted by molar-refractivity contribution is 0.0697. The van der Waals surface area contributed by atoms with E-state index in [4.69, 9.17) is 33.0 Å². The summed E-state index contributed by atoms with van der Waals surface area (Å²) < 4.78 is 19.8. The molecule has 0 radical (unpaired) electrons. The summed E-state index contributed by atoms with van der Waals surface area (Å²) in [7, 11) is 0. The Hall–Kier alpha value is -2.63. The molecule has 0 spiro atoms. The zero-order valence-corrected chi connectivity index (χ0v) is 16.6. The number of aromatic nitrogens is 1. The summed E-state index contributed by atoms with van der Waals surface area (Å²) in [4.78, 5) is 15.3. The van der Waals surface area contributed by atoms with Crippen LogP contribution in [0.3, 0.4) is 0 Å². The van der Waals surface area contributed by atoms with Gasteiger partial charge in [0, 0.05) is 22.3 Å². The number of aromatic carboxylic acids is 1. The van der Waals surface area contributed by atoms with Crippen LogP contribution in [0.15, 0.2) is 48.7 Å². The van der Waals surface area contributed by atoms with Gasteiger partial charge in [-0.25, -0.2) is 9.18 Å². The first-order valence-corrected chi connectivity index (χ1v) is 9.14. The maximum absolute atomic E-state index is 13.8. The van der Waals surface area contributed by atoms with Crippen molar-refractivity contribution >= 4 is 29.2 Å². The number of halogens is 3. The minimum Gasteiger partial charge on any atom is -0.484 e. The molecule has 3 aromatic rings. The molecule has 0 saturated carbocycles. The van der Waals surface area contributed by atoms with Crippen LogP contribution in [0.25, 0.3) is 11.1 Å². The number of ether oxygens (including phenoxy) is 1. The highest BCUT2D eigenvalue weighted by molar-refractivity contribution is 6.36. The average Bonchev–Trinajstić information content (AvgIpc) is 2.67. The van der Waals surface area contributed by atoms with Crippen LogP contribution in [0.5, 0.6) is 5.75 Å². The van der Waals surface area contributed by atoms with E-state index in [0.29, 0.717) is 22.0 Å². The predicted octanol–water partition coefficient (Wildman–Crippen LogP) is 6.34. The van der Waals surface area contributed by atoms with E-state index in [0.717, 1.165) is 11.1 Å². The van der Waals surface area contributed by atoms with Gasteiger partial charge in [-0.15, -0.1) is 0 Å². The van der Waals surface area contributed by atoms with E-state index in [-0.39, 0.29) is 10.6 Å². The van der Waals surface area contributed by atoms with Crippen molar-refractivity contribution in [3.8, 4) is 16.9 Å². The van der Waals surface area contributed by atoms with E-state index in [1.807, 2.05) is 0 Å². The van der Waals surface area contributed by atoms with Crippen LogP contribution in [0.2, 0.25) is 10.0 Å². The Morgan fingerprint density at radius 3 is 2.46 bits per heavy atom. The maximum atomic E-state index is 13.8. The third kappa shape index (κ3) is 4.11. The van der Waals surface area contributed by atoms with Gasteiger partial charge in [-0.2, -0.15) is 0 Å². The molecule has 0 aliphatic carbocycles. The molecule has 3 rings (SSSR count). The fraction of sp³-hybridized carbons (Fsp3) is 0.143. The van der Waals surface area contributed by atoms with Crippen molar-refractivity contribution in [1.29, 1.82) is 0 Å². The Balaban J connectivity index is 1.92. The third-order valence-corrected chi connectivity index (χ3v) is 5.01. The molecule has 1 aromatic heterocycles. The summed E-state index contributed by atoms with van der Waals surface area (Å²) in [5, 5.41) is 9.25. The largest absolute Gasteiger partial charge is 0.484 e. The van der Waals surface area contributed by atoms with Gasteiger partial charge in [0.25, 0.3) is 0 Å². The summed E-state index contributed by atoms with van der Waals surface area (Å²) in [6.07, 6.45) is 1.06. The minimum absolute atomic E-state index is 0.0778. The van der Waals surface area contributed by atoms with Crippen molar-refractivity contribution in [3.63, 3.8) is 0 Å². The highest BCUT2D eigenvalue weighted by Crippen LogP contribution is 2.36. The van der Waals surface area contributed by atoms with E-state index < -0.39 is 17.9 Å². The molecule has 28 heavy (non-hydrogen) atoms. The first-order chi connectivity index (χ1) is 13.3. The topological polar surface area (TPSA) is 59.4 Å². The van der Waals surface area contributed by atoms with Gasteiger partial charge >= 0.3 is 5.97 Å². The van der Waals surface area contributed by atoms with Crippen molar-refractivity contribution < 1.29 is 19.0 Å². The molecule has 0 bridgehead atoms.